The molecule has 0 saturated carbocycles. The lowest BCUT2D eigenvalue weighted by Crippen LogP contribution is -2.62. The number of nitrogens with one attached hydrogen (secondary N) is 1. The molecule has 0 aliphatic carbocycles. The Hall–Kier alpha value is -2.89. The Bertz CT molecular complexity index is 1130. The van der Waals surface area contributed by atoms with E-state index in [0.717, 1.165) is 11.3 Å². The zero-order chi connectivity index (χ0) is 22.8. The lowest BCUT2D eigenvalue weighted by molar-refractivity contribution is -0.219. The molecule has 2 heterocycles. The normalized spacial score (nSPS) is 25.4. The maximum Gasteiger partial charge on any atom is 0.217 e. The molecule has 32 heavy (non-hydrogen) atoms. The highest BCUT2D eigenvalue weighted by Crippen LogP contribution is 2.31. The van der Waals surface area contributed by atoms with Crippen LogP contribution in [-0.4, -0.2) is 66.5 Å². The summed E-state index contributed by atoms with van der Waals surface area (Å²) < 4.78 is 9.30. The van der Waals surface area contributed by atoms with Crippen molar-refractivity contribution in [3.63, 3.8) is 0 Å². The molecule has 3 aromatic rings. The standard InChI is InChI=1S/C22H24N4O5S/c1-13(28)23-17-19(30)18(29)16(12-27)31-21(17)26-22(32)25(15-10-6-3-7-11-15)20(24-26)14-8-4-2-5-9-14/h2-11,16-19,21,27,29-30H,12H2,1H3,(H,23,28)/t16-,17-,18-,19+,21-/m1/s1. The second-order valence-electron chi connectivity index (χ2n) is 7.54. The summed E-state index contributed by atoms with van der Waals surface area (Å²) in [5.41, 5.74) is 1.57. The molecule has 4 rings (SSSR count). The van der Waals surface area contributed by atoms with Crippen molar-refractivity contribution in [2.45, 2.75) is 37.5 Å². The van der Waals surface area contributed by atoms with Gasteiger partial charge in [-0.1, -0.05) is 48.5 Å². The van der Waals surface area contributed by atoms with Crippen LogP contribution >= 0.6 is 12.2 Å². The van der Waals surface area contributed by atoms with Crippen molar-refractivity contribution in [2.75, 3.05) is 6.61 Å². The summed E-state index contributed by atoms with van der Waals surface area (Å²) in [6.45, 7) is 0.769. The van der Waals surface area contributed by atoms with E-state index in [2.05, 4.69) is 5.32 Å². The largest absolute Gasteiger partial charge is 0.394 e. The lowest BCUT2D eigenvalue weighted by Gasteiger charge is -2.42. The molecule has 5 atom stereocenters. The summed E-state index contributed by atoms with van der Waals surface area (Å²) in [6, 6.07) is 17.8. The number of aliphatic hydroxyl groups excluding tert-OH is 3. The summed E-state index contributed by atoms with van der Waals surface area (Å²) in [5, 5.41) is 38.0. The molecule has 9 nitrogen and oxygen atoms in total. The summed E-state index contributed by atoms with van der Waals surface area (Å²) >= 11 is 5.75. The maximum absolute atomic E-state index is 11.8. The number of aliphatic hydroxyl groups is 3. The predicted octanol–water partition coefficient (Wildman–Crippen LogP) is 1.19. The van der Waals surface area contributed by atoms with Crippen molar-refractivity contribution >= 4 is 18.1 Å². The third-order valence-corrected chi connectivity index (χ3v) is 5.73. The Kier molecular flexibility index (Phi) is 6.49. The van der Waals surface area contributed by atoms with Gasteiger partial charge in [-0.2, -0.15) is 0 Å². The number of hydrogen-bond donors (Lipinski definition) is 4. The second kappa shape index (κ2) is 9.31. The molecule has 0 radical (unpaired) electrons. The first-order chi connectivity index (χ1) is 15.4. The molecule has 10 heteroatoms. The van der Waals surface area contributed by atoms with E-state index < -0.39 is 43.1 Å². The summed E-state index contributed by atoms with van der Waals surface area (Å²) in [7, 11) is 0. The van der Waals surface area contributed by atoms with E-state index in [9.17, 15) is 20.1 Å². The first-order valence-electron chi connectivity index (χ1n) is 10.1. The highest BCUT2D eigenvalue weighted by atomic mass is 32.1. The number of carbonyl (C=O) groups excluding carboxylic acids is 1. The van der Waals surface area contributed by atoms with Crippen LogP contribution in [0.1, 0.15) is 13.2 Å². The fraction of sp³-hybridized carbons (Fsp3) is 0.318. The highest BCUT2D eigenvalue weighted by molar-refractivity contribution is 7.71. The first-order valence-corrected chi connectivity index (χ1v) is 10.5. The number of hydrogen-bond acceptors (Lipinski definition) is 7. The number of amides is 1. The average Bonchev–Trinajstić information content (AvgIpc) is 3.15. The number of ether oxygens (including phenoxy) is 1. The second-order valence-corrected chi connectivity index (χ2v) is 7.91. The van der Waals surface area contributed by atoms with Gasteiger partial charge in [-0.05, 0) is 24.4 Å². The number of aromatic nitrogens is 3. The Morgan fingerprint density at radius 2 is 1.72 bits per heavy atom. The summed E-state index contributed by atoms with van der Waals surface area (Å²) in [4.78, 5) is 11.8. The van der Waals surface area contributed by atoms with Crippen LogP contribution < -0.4 is 5.32 Å². The van der Waals surface area contributed by atoms with Gasteiger partial charge in [0, 0.05) is 18.2 Å². The lowest BCUT2D eigenvalue weighted by atomic mass is 9.96. The number of benzene rings is 2. The van der Waals surface area contributed by atoms with Crippen molar-refractivity contribution in [1.82, 2.24) is 19.7 Å². The van der Waals surface area contributed by atoms with Crippen molar-refractivity contribution in [1.29, 1.82) is 0 Å². The van der Waals surface area contributed by atoms with Gasteiger partial charge in [0.1, 0.15) is 24.4 Å². The number of carbonyl (C=O) groups is 1. The van der Waals surface area contributed by atoms with E-state index in [1.54, 1.807) is 4.57 Å². The molecule has 1 aliphatic rings. The van der Waals surface area contributed by atoms with Gasteiger partial charge in [-0.15, -0.1) is 5.10 Å². The number of para-hydroxylation sites is 1. The van der Waals surface area contributed by atoms with Crippen molar-refractivity contribution in [3.05, 3.63) is 65.4 Å². The van der Waals surface area contributed by atoms with Gasteiger partial charge in [0.2, 0.25) is 10.7 Å². The third-order valence-electron chi connectivity index (χ3n) is 5.36. The van der Waals surface area contributed by atoms with Crippen molar-refractivity contribution in [3.8, 4) is 17.1 Å². The smallest absolute Gasteiger partial charge is 0.217 e. The zero-order valence-electron chi connectivity index (χ0n) is 17.3. The molecule has 2 aromatic carbocycles. The minimum Gasteiger partial charge on any atom is -0.394 e. The van der Waals surface area contributed by atoms with E-state index in [1.807, 2.05) is 60.7 Å². The van der Waals surface area contributed by atoms with Crippen LogP contribution in [0.25, 0.3) is 17.1 Å². The Balaban J connectivity index is 1.89. The molecule has 1 aliphatic heterocycles. The van der Waals surface area contributed by atoms with Crippen LogP contribution in [0.15, 0.2) is 60.7 Å². The average molecular weight is 457 g/mol. The maximum atomic E-state index is 11.8. The van der Waals surface area contributed by atoms with Crippen LogP contribution in [0.5, 0.6) is 0 Å². The quantitative estimate of drug-likeness (QED) is 0.426. The van der Waals surface area contributed by atoms with Gasteiger partial charge in [-0.25, -0.2) is 4.68 Å². The minimum absolute atomic E-state index is 0.260. The molecule has 4 N–H and O–H groups in total. The van der Waals surface area contributed by atoms with Gasteiger partial charge in [0.05, 0.1) is 6.61 Å². The van der Waals surface area contributed by atoms with E-state index in [-0.39, 0.29) is 4.77 Å². The number of nitrogens with zero attached hydrogens (tertiary/aromatic N) is 3. The number of rotatable bonds is 5. The van der Waals surface area contributed by atoms with Gasteiger partial charge in [-0.3, -0.25) is 9.36 Å². The van der Waals surface area contributed by atoms with Crippen molar-refractivity contribution in [2.24, 2.45) is 0 Å². The Morgan fingerprint density at radius 3 is 2.31 bits per heavy atom. The topological polar surface area (TPSA) is 122 Å². The summed E-state index contributed by atoms with van der Waals surface area (Å²) in [5.74, 6) is 0.114. The SMILES string of the molecule is CC(=O)N[C@@H]1[C@H](O)[C@H](O)[C@@H](CO)O[C@H]1n1nc(-c2ccccc2)n(-c2ccccc2)c1=S. The summed E-state index contributed by atoms with van der Waals surface area (Å²) in [6.07, 6.45) is -4.94. The molecular formula is C22H24N4O5S. The molecule has 0 unspecified atom stereocenters. The molecule has 0 bridgehead atoms. The van der Waals surface area contributed by atoms with Gasteiger partial charge in [0.15, 0.2) is 12.1 Å². The first kappa shape index (κ1) is 22.3. The molecule has 1 saturated heterocycles. The van der Waals surface area contributed by atoms with Gasteiger partial charge >= 0.3 is 0 Å². The van der Waals surface area contributed by atoms with E-state index in [0.29, 0.717) is 5.82 Å². The molecule has 168 valence electrons. The van der Waals surface area contributed by atoms with E-state index >= 15 is 0 Å². The fourth-order valence-electron chi connectivity index (χ4n) is 3.83. The fourth-order valence-corrected chi connectivity index (χ4v) is 4.17. The molecule has 1 amide bonds. The highest BCUT2D eigenvalue weighted by Gasteiger charge is 2.46. The van der Waals surface area contributed by atoms with Crippen LogP contribution in [0, 0.1) is 4.77 Å². The predicted molar refractivity (Wildman–Crippen MR) is 118 cm³/mol. The molecule has 1 fully saturated rings. The van der Waals surface area contributed by atoms with E-state index in [1.165, 1.54) is 11.6 Å². The van der Waals surface area contributed by atoms with Crippen LogP contribution in [-0.2, 0) is 9.53 Å². The minimum atomic E-state index is -1.40. The van der Waals surface area contributed by atoms with Crippen LogP contribution in [0.2, 0.25) is 0 Å². The Morgan fingerprint density at radius 1 is 1.09 bits per heavy atom. The third kappa shape index (κ3) is 4.10. The van der Waals surface area contributed by atoms with Crippen molar-refractivity contribution < 1.29 is 24.9 Å². The van der Waals surface area contributed by atoms with Gasteiger partial charge in [0.25, 0.3) is 0 Å². The zero-order valence-corrected chi connectivity index (χ0v) is 18.1. The van der Waals surface area contributed by atoms with Gasteiger partial charge < -0.3 is 25.4 Å². The molecule has 1 aromatic heterocycles. The van der Waals surface area contributed by atoms with E-state index in [4.69, 9.17) is 22.1 Å². The van der Waals surface area contributed by atoms with Crippen LogP contribution in [0.3, 0.4) is 0 Å². The molecule has 0 spiro atoms. The molecular weight excluding hydrogens is 432 g/mol. The van der Waals surface area contributed by atoms with Crippen LogP contribution in [0.4, 0.5) is 0 Å². The monoisotopic (exact) mass is 456 g/mol. The Labute approximate surface area is 189 Å².